The van der Waals surface area contributed by atoms with E-state index < -0.39 is 0 Å². The van der Waals surface area contributed by atoms with Crippen LogP contribution in [0.3, 0.4) is 0 Å². The molecule has 0 saturated heterocycles. The molecule has 6 nitrogen and oxygen atoms in total. The predicted molar refractivity (Wildman–Crippen MR) is 82.6 cm³/mol. The Bertz CT molecular complexity index is 625. The lowest BCUT2D eigenvalue weighted by atomic mass is 10.2. The van der Waals surface area contributed by atoms with Gasteiger partial charge >= 0.3 is 6.03 Å². The molecule has 22 heavy (non-hydrogen) atoms. The van der Waals surface area contributed by atoms with Crippen molar-refractivity contribution >= 4 is 6.03 Å². The van der Waals surface area contributed by atoms with E-state index in [2.05, 4.69) is 10.5 Å². The number of ether oxygens (including phenoxy) is 1. The van der Waals surface area contributed by atoms with E-state index in [4.69, 9.17) is 9.26 Å². The summed E-state index contributed by atoms with van der Waals surface area (Å²) in [6.07, 6.45) is 0. The first-order chi connectivity index (χ1) is 10.6. The van der Waals surface area contributed by atoms with Crippen LogP contribution < -0.4 is 10.1 Å². The fraction of sp³-hybridized carbons (Fsp3) is 0.375. The number of aryl methyl sites for hydroxylation is 1. The SMILES string of the molecule is CCOc1cccc(CNC(=O)N(C)Cc2cc(C)on2)c1. The Hall–Kier alpha value is -2.50. The fourth-order valence-corrected chi connectivity index (χ4v) is 2.03. The van der Waals surface area contributed by atoms with E-state index in [0.717, 1.165) is 22.8 Å². The number of carbonyl (C=O) groups is 1. The maximum atomic E-state index is 12.1. The standard InChI is InChI=1S/C16H21N3O3/c1-4-21-15-7-5-6-13(9-15)10-17-16(20)19(3)11-14-8-12(2)22-18-14/h5-9H,4,10-11H2,1-3H3,(H,17,20). The molecule has 0 saturated carbocycles. The second kappa shape index (κ2) is 7.49. The predicted octanol–water partition coefficient (Wildman–Crippen LogP) is 2.72. The minimum atomic E-state index is -0.164. The highest BCUT2D eigenvalue weighted by Crippen LogP contribution is 2.13. The van der Waals surface area contributed by atoms with Gasteiger partial charge in [0.25, 0.3) is 0 Å². The van der Waals surface area contributed by atoms with Crippen LogP contribution >= 0.6 is 0 Å². The fourth-order valence-electron chi connectivity index (χ4n) is 2.03. The first-order valence-corrected chi connectivity index (χ1v) is 7.21. The summed E-state index contributed by atoms with van der Waals surface area (Å²) in [5.41, 5.74) is 1.72. The van der Waals surface area contributed by atoms with Gasteiger partial charge in [-0.25, -0.2) is 4.79 Å². The summed E-state index contributed by atoms with van der Waals surface area (Å²) >= 11 is 0. The molecule has 118 valence electrons. The van der Waals surface area contributed by atoms with Crippen molar-refractivity contribution in [2.75, 3.05) is 13.7 Å². The zero-order valence-corrected chi connectivity index (χ0v) is 13.1. The van der Waals surface area contributed by atoms with Crippen LogP contribution in [-0.2, 0) is 13.1 Å². The van der Waals surface area contributed by atoms with Crippen LogP contribution in [0.25, 0.3) is 0 Å². The molecule has 2 amide bonds. The van der Waals surface area contributed by atoms with Crippen LogP contribution in [-0.4, -0.2) is 29.7 Å². The summed E-state index contributed by atoms with van der Waals surface area (Å²) in [7, 11) is 1.72. The quantitative estimate of drug-likeness (QED) is 0.891. The first kappa shape index (κ1) is 15.9. The molecule has 2 rings (SSSR count). The van der Waals surface area contributed by atoms with Crippen molar-refractivity contribution < 1.29 is 14.1 Å². The minimum absolute atomic E-state index is 0.164. The number of rotatable bonds is 6. The van der Waals surface area contributed by atoms with Gasteiger partial charge in [0.2, 0.25) is 0 Å². The van der Waals surface area contributed by atoms with E-state index in [1.165, 1.54) is 0 Å². The Kier molecular flexibility index (Phi) is 5.41. The third-order valence-electron chi connectivity index (χ3n) is 3.08. The maximum Gasteiger partial charge on any atom is 0.317 e. The summed E-state index contributed by atoms with van der Waals surface area (Å²) in [6.45, 7) is 5.23. The van der Waals surface area contributed by atoms with Crippen LogP contribution in [0, 0.1) is 6.92 Å². The lowest BCUT2D eigenvalue weighted by Crippen LogP contribution is -2.36. The number of hydrogen-bond acceptors (Lipinski definition) is 4. The Morgan fingerprint density at radius 2 is 2.23 bits per heavy atom. The molecule has 2 aromatic rings. The summed E-state index contributed by atoms with van der Waals surface area (Å²) in [6, 6.07) is 9.33. The molecule has 0 aliphatic rings. The van der Waals surface area contributed by atoms with Crippen molar-refractivity contribution in [2.24, 2.45) is 0 Å². The molecule has 0 aliphatic heterocycles. The molecule has 6 heteroatoms. The van der Waals surface area contributed by atoms with Crippen molar-refractivity contribution in [2.45, 2.75) is 26.9 Å². The molecule has 1 heterocycles. The van der Waals surface area contributed by atoms with E-state index in [1.54, 1.807) is 11.9 Å². The van der Waals surface area contributed by atoms with Crippen LogP contribution in [0.1, 0.15) is 23.9 Å². The highest BCUT2D eigenvalue weighted by atomic mass is 16.5. The molecular weight excluding hydrogens is 282 g/mol. The topological polar surface area (TPSA) is 67.6 Å². The van der Waals surface area contributed by atoms with Crippen LogP contribution in [0.15, 0.2) is 34.9 Å². The number of nitrogens with one attached hydrogen (secondary N) is 1. The minimum Gasteiger partial charge on any atom is -0.494 e. The smallest absolute Gasteiger partial charge is 0.317 e. The number of urea groups is 1. The third-order valence-corrected chi connectivity index (χ3v) is 3.08. The van der Waals surface area contributed by atoms with Gasteiger partial charge in [-0.1, -0.05) is 17.3 Å². The Morgan fingerprint density at radius 1 is 1.41 bits per heavy atom. The Balaban J connectivity index is 1.85. The van der Waals surface area contributed by atoms with Crippen molar-refractivity contribution in [1.29, 1.82) is 0 Å². The van der Waals surface area contributed by atoms with E-state index >= 15 is 0 Å². The average Bonchev–Trinajstić information content (AvgIpc) is 2.90. The average molecular weight is 303 g/mol. The van der Waals surface area contributed by atoms with Gasteiger partial charge < -0.3 is 19.5 Å². The second-order valence-electron chi connectivity index (χ2n) is 5.02. The van der Waals surface area contributed by atoms with E-state index in [1.807, 2.05) is 44.2 Å². The van der Waals surface area contributed by atoms with Crippen molar-refractivity contribution in [3.05, 3.63) is 47.3 Å². The second-order valence-corrected chi connectivity index (χ2v) is 5.02. The van der Waals surface area contributed by atoms with E-state index in [9.17, 15) is 4.79 Å². The largest absolute Gasteiger partial charge is 0.494 e. The highest BCUT2D eigenvalue weighted by Gasteiger charge is 2.11. The van der Waals surface area contributed by atoms with Gasteiger partial charge in [-0.15, -0.1) is 0 Å². The van der Waals surface area contributed by atoms with Gasteiger partial charge in [0.05, 0.1) is 13.2 Å². The van der Waals surface area contributed by atoms with Gasteiger partial charge in [0, 0.05) is 19.7 Å². The molecule has 0 unspecified atom stereocenters. The van der Waals surface area contributed by atoms with Crippen molar-refractivity contribution in [3.8, 4) is 5.75 Å². The van der Waals surface area contributed by atoms with Gasteiger partial charge in [0.15, 0.2) is 0 Å². The lowest BCUT2D eigenvalue weighted by Gasteiger charge is -2.16. The van der Waals surface area contributed by atoms with Gasteiger partial charge in [0.1, 0.15) is 17.2 Å². The third kappa shape index (κ3) is 4.51. The van der Waals surface area contributed by atoms with Crippen molar-refractivity contribution in [3.63, 3.8) is 0 Å². The zero-order valence-electron chi connectivity index (χ0n) is 13.1. The summed E-state index contributed by atoms with van der Waals surface area (Å²) < 4.78 is 10.4. The highest BCUT2D eigenvalue weighted by molar-refractivity contribution is 5.73. The molecule has 0 bridgehead atoms. The van der Waals surface area contributed by atoms with E-state index in [0.29, 0.717) is 19.7 Å². The number of aromatic nitrogens is 1. The Labute approximate surface area is 130 Å². The van der Waals surface area contributed by atoms with Gasteiger partial charge in [-0.05, 0) is 31.5 Å². The molecule has 0 fully saturated rings. The lowest BCUT2D eigenvalue weighted by molar-refractivity contribution is 0.205. The molecule has 0 radical (unpaired) electrons. The number of amides is 2. The number of carbonyl (C=O) groups excluding carboxylic acids is 1. The van der Waals surface area contributed by atoms with Gasteiger partial charge in [-0.3, -0.25) is 0 Å². The molecule has 1 N–H and O–H groups in total. The number of benzene rings is 1. The van der Waals surface area contributed by atoms with E-state index in [-0.39, 0.29) is 6.03 Å². The summed E-state index contributed by atoms with van der Waals surface area (Å²) in [5, 5.41) is 6.74. The molecule has 1 aromatic carbocycles. The maximum absolute atomic E-state index is 12.1. The molecule has 1 aromatic heterocycles. The van der Waals surface area contributed by atoms with Crippen LogP contribution in [0.5, 0.6) is 5.75 Å². The summed E-state index contributed by atoms with van der Waals surface area (Å²) in [5.74, 6) is 1.54. The Morgan fingerprint density at radius 3 is 2.91 bits per heavy atom. The van der Waals surface area contributed by atoms with Gasteiger partial charge in [-0.2, -0.15) is 0 Å². The normalized spacial score (nSPS) is 10.3. The van der Waals surface area contributed by atoms with Crippen LogP contribution in [0.2, 0.25) is 0 Å². The van der Waals surface area contributed by atoms with Crippen LogP contribution in [0.4, 0.5) is 4.79 Å². The number of nitrogens with zero attached hydrogens (tertiary/aromatic N) is 2. The molecule has 0 aliphatic carbocycles. The molecular formula is C16H21N3O3. The molecule has 0 atom stereocenters. The zero-order chi connectivity index (χ0) is 15.9. The first-order valence-electron chi connectivity index (χ1n) is 7.21. The molecule has 0 spiro atoms. The monoisotopic (exact) mass is 303 g/mol. The number of hydrogen-bond donors (Lipinski definition) is 1. The summed E-state index contributed by atoms with van der Waals surface area (Å²) in [4.78, 5) is 13.6. The van der Waals surface area contributed by atoms with Crippen molar-refractivity contribution in [1.82, 2.24) is 15.4 Å².